The standard InChI is InChI=1S/C32H36F3N3O4/c1-20(38-29(39)28-17-24(11-14-36-28)22-12-15-41-16-13-22)21-5-7-23(8-6-21)27-18-26(32(33,34)35)10-9-25(27)19-37-30(40)42-31(2,3)4/h5-11,14,17-18,20,22H,12-13,15-16,19H2,1-4H3,(H,37,40)(H,38,39)/t20-/m1/s1. The minimum atomic E-state index is -4.53. The summed E-state index contributed by atoms with van der Waals surface area (Å²) in [4.78, 5) is 29.4. The highest BCUT2D eigenvalue weighted by atomic mass is 19.4. The van der Waals surface area contributed by atoms with E-state index in [1.54, 1.807) is 51.2 Å². The van der Waals surface area contributed by atoms with Crippen molar-refractivity contribution in [2.75, 3.05) is 13.2 Å². The van der Waals surface area contributed by atoms with Gasteiger partial charge in [-0.1, -0.05) is 30.3 Å². The molecule has 0 saturated carbocycles. The number of amides is 2. The molecular formula is C32H36F3N3O4. The number of pyridine rings is 1. The van der Waals surface area contributed by atoms with Crippen molar-refractivity contribution in [1.82, 2.24) is 15.6 Å². The second kappa shape index (κ2) is 12.9. The first-order valence-corrected chi connectivity index (χ1v) is 13.9. The Hall–Kier alpha value is -3.92. The van der Waals surface area contributed by atoms with Gasteiger partial charge < -0.3 is 20.1 Å². The number of benzene rings is 2. The third kappa shape index (κ3) is 8.31. The van der Waals surface area contributed by atoms with Crippen LogP contribution in [0.4, 0.5) is 18.0 Å². The van der Waals surface area contributed by atoms with E-state index in [4.69, 9.17) is 9.47 Å². The van der Waals surface area contributed by atoms with Gasteiger partial charge in [-0.3, -0.25) is 9.78 Å². The lowest BCUT2D eigenvalue weighted by molar-refractivity contribution is -0.137. The average molecular weight is 584 g/mol. The summed E-state index contributed by atoms with van der Waals surface area (Å²) in [5.41, 5.74) is 2.03. The van der Waals surface area contributed by atoms with Crippen molar-refractivity contribution in [3.8, 4) is 11.1 Å². The molecule has 42 heavy (non-hydrogen) atoms. The number of aromatic nitrogens is 1. The van der Waals surface area contributed by atoms with Crippen LogP contribution in [0.5, 0.6) is 0 Å². The van der Waals surface area contributed by atoms with Gasteiger partial charge in [-0.05, 0) is 98.5 Å². The molecule has 1 aliphatic heterocycles. The van der Waals surface area contributed by atoms with Crippen molar-refractivity contribution in [2.24, 2.45) is 0 Å². The van der Waals surface area contributed by atoms with E-state index in [1.807, 2.05) is 19.1 Å². The van der Waals surface area contributed by atoms with Crippen molar-refractivity contribution in [3.05, 3.63) is 88.7 Å². The van der Waals surface area contributed by atoms with Crippen LogP contribution in [0.2, 0.25) is 0 Å². The first-order chi connectivity index (χ1) is 19.8. The fraction of sp³-hybridized carbons (Fsp3) is 0.406. The van der Waals surface area contributed by atoms with E-state index in [0.29, 0.717) is 41.5 Å². The number of hydrogen-bond acceptors (Lipinski definition) is 5. The van der Waals surface area contributed by atoms with Gasteiger partial charge in [0.05, 0.1) is 11.6 Å². The minimum absolute atomic E-state index is 0.0173. The maximum absolute atomic E-state index is 13.5. The monoisotopic (exact) mass is 583 g/mol. The molecule has 1 aromatic heterocycles. The van der Waals surface area contributed by atoms with Gasteiger partial charge in [0.15, 0.2) is 0 Å². The molecule has 2 N–H and O–H groups in total. The summed E-state index contributed by atoms with van der Waals surface area (Å²) in [5.74, 6) is 0.0206. The van der Waals surface area contributed by atoms with Crippen molar-refractivity contribution in [1.29, 1.82) is 0 Å². The Bertz CT molecular complexity index is 1400. The molecule has 1 saturated heterocycles. The molecule has 2 amide bonds. The van der Waals surface area contributed by atoms with Crippen LogP contribution >= 0.6 is 0 Å². The number of halogens is 3. The van der Waals surface area contributed by atoms with E-state index in [2.05, 4.69) is 15.6 Å². The average Bonchev–Trinajstić information content (AvgIpc) is 2.95. The van der Waals surface area contributed by atoms with Crippen molar-refractivity contribution < 1.29 is 32.2 Å². The molecule has 1 aliphatic rings. The van der Waals surface area contributed by atoms with Gasteiger partial charge in [-0.15, -0.1) is 0 Å². The number of ether oxygens (including phenoxy) is 2. The molecule has 224 valence electrons. The Labute approximate surface area is 243 Å². The molecule has 0 bridgehead atoms. The summed E-state index contributed by atoms with van der Waals surface area (Å²) in [6.07, 6.45) is -1.75. The van der Waals surface area contributed by atoms with Crippen LogP contribution in [-0.2, 0) is 22.2 Å². The molecule has 0 unspecified atom stereocenters. The number of nitrogens with one attached hydrogen (secondary N) is 2. The minimum Gasteiger partial charge on any atom is -0.444 e. The Morgan fingerprint density at radius 3 is 2.36 bits per heavy atom. The lowest BCUT2D eigenvalue weighted by Crippen LogP contribution is -2.32. The highest BCUT2D eigenvalue weighted by Crippen LogP contribution is 2.35. The zero-order chi connectivity index (χ0) is 30.5. The zero-order valence-electron chi connectivity index (χ0n) is 24.2. The van der Waals surface area contributed by atoms with Gasteiger partial charge >= 0.3 is 12.3 Å². The maximum atomic E-state index is 13.5. The summed E-state index contributed by atoms with van der Waals surface area (Å²) in [6, 6.07) is 13.7. The zero-order valence-corrected chi connectivity index (χ0v) is 24.2. The predicted octanol–water partition coefficient (Wildman–Crippen LogP) is 7.18. The van der Waals surface area contributed by atoms with Gasteiger partial charge in [0.2, 0.25) is 0 Å². The van der Waals surface area contributed by atoms with Crippen LogP contribution in [0.3, 0.4) is 0 Å². The third-order valence-corrected chi connectivity index (χ3v) is 7.04. The normalized spacial score (nSPS) is 15.1. The van der Waals surface area contributed by atoms with E-state index in [1.165, 1.54) is 6.07 Å². The largest absolute Gasteiger partial charge is 0.444 e. The molecule has 0 spiro atoms. The van der Waals surface area contributed by atoms with Crippen LogP contribution in [0.15, 0.2) is 60.8 Å². The molecule has 7 nitrogen and oxygen atoms in total. The first-order valence-electron chi connectivity index (χ1n) is 13.9. The Morgan fingerprint density at radius 2 is 1.71 bits per heavy atom. The van der Waals surface area contributed by atoms with E-state index in [0.717, 1.165) is 36.1 Å². The van der Waals surface area contributed by atoms with Gasteiger partial charge in [-0.2, -0.15) is 13.2 Å². The summed E-state index contributed by atoms with van der Waals surface area (Å²) in [7, 11) is 0. The summed E-state index contributed by atoms with van der Waals surface area (Å²) in [6.45, 7) is 8.38. The SMILES string of the molecule is C[C@@H](NC(=O)c1cc(C2CCOCC2)ccn1)c1ccc(-c2cc(C(F)(F)F)ccc2CNC(=O)OC(C)(C)C)cc1. The predicted molar refractivity (Wildman–Crippen MR) is 153 cm³/mol. The molecular weight excluding hydrogens is 547 g/mol. The number of carbonyl (C=O) groups excluding carboxylic acids is 2. The molecule has 3 aromatic rings. The number of nitrogens with zero attached hydrogens (tertiary/aromatic N) is 1. The highest BCUT2D eigenvalue weighted by molar-refractivity contribution is 5.92. The third-order valence-electron chi connectivity index (χ3n) is 7.04. The van der Waals surface area contributed by atoms with Gasteiger partial charge in [0, 0.05) is 26.0 Å². The molecule has 0 radical (unpaired) electrons. The fourth-order valence-corrected chi connectivity index (χ4v) is 4.82. The molecule has 0 aliphatic carbocycles. The second-order valence-corrected chi connectivity index (χ2v) is 11.4. The number of hydrogen-bond donors (Lipinski definition) is 2. The van der Waals surface area contributed by atoms with Gasteiger partial charge in [0.25, 0.3) is 5.91 Å². The molecule has 2 heterocycles. The van der Waals surface area contributed by atoms with Gasteiger partial charge in [0.1, 0.15) is 11.3 Å². The van der Waals surface area contributed by atoms with Crippen molar-refractivity contribution in [3.63, 3.8) is 0 Å². The lowest BCUT2D eigenvalue weighted by Gasteiger charge is -2.22. The molecule has 2 aromatic carbocycles. The maximum Gasteiger partial charge on any atom is 0.416 e. The summed E-state index contributed by atoms with van der Waals surface area (Å²) in [5, 5.41) is 5.57. The smallest absolute Gasteiger partial charge is 0.416 e. The topological polar surface area (TPSA) is 89.5 Å². The van der Waals surface area contributed by atoms with Crippen molar-refractivity contribution >= 4 is 12.0 Å². The van der Waals surface area contributed by atoms with E-state index in [-0.39, 0.29) is 18.5 Å². The van der Waals surface area contributed by atoms with E-state index < -0.39 is 23.4 Å². The van der Waals surface area contributed by atoms with E-state index in [9.17, 15) is 22.8 Å². The van der Waals surface area contributed by atoms with Crippen LogP contribution in [0.25, 0.3) is 11.1 Å². The first kappa shape index (κ1) is 31.0. The quantitative estimate of drug-likeness (QED) is 0.308. The lowest BCUT2D eigenvalue weighted by atomic mass is 9.92. The van der Waals surface area contributed by atoms with Gasteiger partial charge in [-0.25, -0.2) is 4.79 Å². The second-order valence-electron chi connectivity index (χ2n) is 11.4. The van der Waals surface area contributed by atoms with Crippen LogP contribution in [-0.4, -0.2) is 35.8 Å². The van der Waals surface area contributed by atoms with Crippen LogP contribution in [0, 0.1) is 0 Å². The Kier molecular flexibility index (Phi) is 9.56. The number of carbonyl (C=O) groups is 2. The summed E-state index contributed by atoms with van der Waals surface area (Å²) >= 11 is 0. The highest BCUT2D eigenvalue weighted by Gasteiger charge is 2.31. The Morgan fingerprint density at radius 1 is 1.02 bits per heavy atom. The number of alkyl halides is 3. The molecule has 1 fully saturated rings. The van der Waals surface area contributed by atoms with Crippen molar-refractivity contribution in [2.45, 2.75) is 70.8 Å². The number of alkyl carbamates (subject to hydrolysis) is 1. The summed E-state index contributed by atoms with van der Waals surface area (Å²) < 4.78 is 51.3. The number of rotatable bonds is 7. The van der Waals surface area contributed by atoms with Crippen LogP contribution < -0.4 is 10.6 Å². The Balaban J connectivity index is 1.49. The fourth-order valence-electron chi connectivity index (χ4n) is 4.82. The van der Waals surface area contributed by atoms with Crippen LogP contribution in [0.1, 0.15) is 85.2 Å². The molecule has 10 heteroatoms. The van der Waals surface area contributed by atoms with E-state index >= 15 is 0 Å². The molecule has 1 atom stereocenters. The molecule has 4 rings (SSSR count).